The number of aryl methyl sites for hydroxylation is 2. The molecule has 0 aliphatic carbocycles. The van der Waals surface area contributed by atoms with Crippen molar-refractivity contribution in [3.63, 3.8) is 0 Å². The van der Waals surface area contributed by atoms with Crippen LogP contribution in [0.3, 0.4) is 0 Å². The third-order valence-electron chi connectivity index (χ3n) is 4.05. The van der Waals surface area contributed by atoms with Crippen LogP contribution in [0.5, 0.6) is 0 Å². The molecule has 2 aliphatic rings. The first-order chi connectivity index (χ1) is 8.98. The Bertz CT molecular complexity index is 562. The largest absolute Gasteiger partial charge is 0.360 e. The van der Waals surface area contributed by atoms with E-state index in [1.807, 2.05) is 0 Å². The smallest absolute Gasteiger partial charge is 0.248 e. The van der Waals surface area contributed by atoms with Gasteiger partial charge in [-0.3, -0.25) is 0 Å². The summed E-state index contributed by atoms with van der Waals surface area (Å²) >= 11 is 0. The lowest BCUT2D eigenvalue weighted by Gasteiger charge is -2.23. The second kappa shape index (κ2) is 4.57. The second-order valence-corrected chi connectivity index (χ2v) is 7.32. The monoisotopic (exact) mass is 285 g/mol. The lowest BCUT2D eigenvalue weighted by molar-refractivity contribution is 0.377. The molecular formula is C12H19N3O3S. The molecule has 0 spiro atoms. The van der Waals surface area contributed by atoms with Crippen molar-refractivity contribution in [1.29, 1.82) is 0 Å². The Morgan fingerprint density at radius 1 is 1.26 bits per heavy atom. The van der Waals surface area contributed by atoms with Crippen molar-refractivity contribution < 1.29 is 12.9 Å². The lowest BCUT2D eigenvalue weighted by Crippen LogP contribution is -2.39. The second-order valence-electron chi connectivity index (χ2n) is 5.44. The zero-order valence-corrected chi connectivity index (χ0v) is 12.0. The number of nitrogens with zero attached hydrogens (tertiary/aromatic N) is 2. The summed E-state index contributed by atoms with van der Waals surface area (Å²) in [7, 11) is -3.49. The first-order valence-electron chi connectivity index (χ1n) is 6.67. The molecule has 0 amide bonds. The van der Waals surface area contributed by atoms with Crippen molar-refractivity contribution in [2.75, 3.05) is 13.1 Å². The van der Waals surface area contributed by atoms with Crippen molar-refractivity contribution in [2.24, 2.45) is 0 Å². The minimum Gasteiger partial charge on any atom is -0.360 e. The molecule has 2 fully saturated rings. The summed E-state index contributed by atoms with van der Waals surface area (Å²) in [4.78, 5) is 0.241. The molecule has 3 heterocycles. The molecule has 2 aliphatic heterocycles. The van der Waals surface area contributed by atoms with Gasteiger partial charge in [0, 0.05) is 25.2 Å². The number of rotatable bonds is 2. The van der Waals surface area contributed by atoms with Gasteiger partial charge in [0.1, 0.15) is 10.6 Å². The van der Waals surface area contributed by atoms with Gasteiger partial charge in [0.2, 0.25) is 10.0 Å². The fourth-order valence-electron chi connectivity index (χ4n) is 3.10. The van der Waals surface area contributed by atoms with Crippen LogP contribution in [-0.4, -0.2) is 43.1 Å². The van der Waals surface area contributed by atoms with E-state index in [0.29, 0.717) is 30.6 Å². The fraction of sp³-hybridized carbons (Fsp3) is 0.750. The van der Waals surface area contributed by atoms with E-state index in [1.54, 1.807) is 18.2 Å². The zero-order chi connectivity index (χ0) is 13.6. The number of nitrogens with one attached hydrogen (secondary N) is 1. The van der Waals surface area contributed by atoms with Crippen LogP contribution in [0.2, 0.25) is 0 Å². The summed E-state index contributed by atoms with van der Waals surface area (Å²) < 4.78 is 32.0. The maximum atomic E-state index is 12.7. The van der Waals surface area contributed by atoms with E-state index in [0.717, 1.165) is 19.3 Å². The SMILES string of the molecule is Cc1noc(C)c1S(=O)(=O)N1CCC2CCC(C1)N2. The van der Waals surface area contributed by atoms with Gasteiger partial charge in [-0.2, -0.15) is 4.31 Å². The van der Waals surface area contributed by atoms with Crippen LogP contribution < -0.4 is 5.32 Å². The van der Waals surface area contributed by atoms with E-state index >= 15 is 0 Å². The summed E-state index contributed by atoms with van der Waals surface area (Å²) in [6.45, 7) is 4.43. The van der Waals surface area contributed by atoms with Crippen LogP contribution in [0.4, 0.5) is 0 Å². The van der Waals surface area contributed by atoms with Crippen LogP contribution in [-0.2, 0) is 10.0 Å². The zero-order valence-electron chi connectivity index (χ0n) is 11.2. The van der Waals surface area contributed by atoms with E-state index in [1.165, 1.54) is 0 Å². The van der Waals surface area contributed by atoms with E-state index in [9.17, 15) is 8.42 Å². The molecule has 2 saturated heterocycles. The molecule has 0 aromatic carbocycles. The molecule has 0 radical (unpaired) electrons. The van der Waals surface area contributed by atoms with E-state index < -0.39 is 10.0 Å². The topological polar surface area (TPSA) is 75.4 Å². The molecule has 1 aromatic rings. The van der Waals surface area contributed by atoms with Crippen molar-refractivity contribution in [3.05, 3.63) is 11.5 Å². The van der Waals surface area contributed by atoms with Gasteiger partial charge in [-0.05, 0) is 33.1 Å². The highest BCUT2D eigenvalue weighted by molar-refractivity contribution is 7.89. The molecule has 1 N–H and O–H groups in total. The molecule has 0 saturated carbocycles. The Morgan fingerprint density at radius 2 is 2.00 bits per heavy atom. The number of hydrogen-bond donors (Lipinski definition) is 1. The standard InChI is InChI=1S/C12H19N3O3S/c1-8-12(9(2)18-14-8)19(16,17)15-6-5-10-3-4-11(7-15)13-10/h10-11,13H,3-7H2,1-2H3. The summed E-state index contributed by atoms with van der Waals surface area (Å²) in [5.74, 6) is 0.375. The first-order valence-corrected chi connectivity index (χ1v) is 8.11. The van der Waals surface area contributed by atoms with Crippen LogP contribution in [0.25, 0.3) is 0 Å². The van der Waals surface area contributed by atoms with Gasteiger partial charge in [0.15, 0.2) is 5.76 Å². The Hall–Kier alpha value is -0.920. The van der Waals surface area contributed by atoms with Crippen LogP contribution in [0.1, 0.15) is 30.7 Å². The number of hydrogen-bond acceptors (Lipinski definition) is 5. The Labute approximate surface area is 113 Å². The van der Waals surface area contributed by atoms with Gasteiger partial charge in [0.25, 0.3) is 0 Å². The normalized spacial score (nSPS) is 28.5. The van der Waals surface area contributed by atoms with Crippen molar-refractivity contribution in [2.45, 2.75) is 50.1 Å². The van der Waals surface area contributed by atoms with Gasteiger partial charge >= 0.3 is 0 Å². The lowest BCUT2D eigenvalue weighted by atomic mass is 10.1. The third-order valence-corrected chi connectivity index (χ3v) is 6.16. The van der Waals surface area contributed by atoms with E-state index in [-0.39, 0.29) is 10.9 Å². The highest BCUT2D eigenvalue weighted by Crippen LogP contribution is 2.27. The van der Waals surface area contributed by atoms with Gasteiger partial charge in [-0.1, -0.05) is 5.16 Å². The molecular weight excluding hydrogens is 266 g/mol. The molecule has 1 aromatic heterocycles. The van der Waals surface area contributed by atoms with Crippen molar-refractivity contribution in [3.8, 4) is 0 Å². The number of fused-ring (bicyclic) bond motifs is 2. The fourth-order valence-corrected chi connectivity index (χ4v) is 4.89. The molecule has 19 heavy (non-hydrogen) atoms. The van der Waals surface area contributed by atoms with Crippen LogP contribution in [0.15, 0.2) is 9.42 Å². The van der Waals surface area contributed by atoms with Crippen molar-refractivity contribution in [1.82, 2.24) is 14.8 Å². The average molecular weight is 285 g/mol. The molecule has 6 nitrogen and oxygen atoms in total. The summed E-state index contributed by atoms with van der Waals surface area (Å²) in [5.41, 5.74) is 0.444. The maximum absolute atomic E-state index is 12.7. The first kappa shape index (κ1) is 13.1. The molecule has 2 bridgehead atoms. The van der Waals surface area contributed by atoms with Gasteiger partial charge in [-0.15, -0.1) is 0 Å². The Kier molecular flexibility index (Phi) is 3.15. The maximum Gasteiger partial charge on any atom is 0.248 e. The third kappa shape index (κ3) is 2.19. The number of aromatic nitrogens is 1. The van der Waals surface area contributed by atoms with Crippen LogP contribution in [0, 0.1) is 13.8 Å². The highest BCUT2D eigenvalue weighted by Gasteiger charge is 2.37. The summed E-state index contributed by atoms with van der Waals surface area (Å²) in [6, 6.07) is 0.748. The Morgan fingerprint density at radius 3 is 2.68 bits per heavy atom. The van der Waals surface area contributed by atoms with Gasteiger partial charge in [0.05, 0.1) is 0 Å². The molecule has 2 unspecified atom stereocenters. The van der Waals surface area contributed by atoms with E-state index in [2.05, 4.69) is 10.5 Å². The summed E-state index contributed by atoms with van der Waals surface area (Å²) in [5, 5.41) is 7.24. The minimum absolute atomic E-state index is 0.241. The molecule has 7 heteroatoms. The highest BCUT2D eigenvalue weighted by atomic mass is 32.2. The minimum atomic E-state index is -3.49. The van der Waals surface area contributed by atoms with Gasteiger partial charge in [-0.25, -0.2) is 8.42 Å². The van der Waals surface area contributed by atoms with Crippen LogP contribution >= 0.6 is 0 Å². The van der Waals surface area contributed by atoms with E-state index in [4.69, 9.17) is 4.52 Å². The molecule has 3 rings (SSSR count). The number of sulfonamides is 1. The summed E-state index contributed by atoms with van der Waals surface area (Å²) in [6.07, 6.45) is 3.08. The molecule has 2 atom stereocenters. The average Bonchev–Trinajstić information content (AvgIpc) is 2.81. The quantitative estimate of drug-likeness (QED) is 0.870. The van der Waals surface area contributed by atoms with Crippen molar-refractivity contribution >= 4 is 10.0 Å². The predicted molar refractivity (Wildman–Crippen MR) is 69.3 cm³/mol. The molecule has 106 valence electrons. The predicted octanol–water partition coefficient (Wildman–Crippen LogP) is 0.806. The van der Waals surface area contributed by atoms with Gasteiger partial charge < -0.3 is 9.84 Å². The Balaban J connectivity index is 1.92.